The molecule has 0 unspecified atom stereocenters. The second kappa shape index (κ2) is 12.5. The highest BCUT2D eigenvalue weighted by Gasteiger charge is 2.32. The highest BCUT2D eigenvalue weighted by Crippen LogP contribution is 2.32. The number of rotatable bonds is 13. The van der Waals surface area contributed by atoms with Crippen molar-refractivity contribution >= 4 is 17.8 Å². The van der Waals surface area contributed by atoms with Gasteiger partial charge in [0.1, 0.15) is 0 Å². The molecule has 12 heteroatoms. The smallest absolute Gasteiger partial charge is 0.378 e. The van der Waals surface area contributed by atoms with Crippen molar-refractivity contribution < 1.29 is 22.6 Å². The van der Waals surface area contributed by atoms with Gasteiger partial charge in [-0.2, -0.15) is 28.1 Å². The Balaban J connectivity index is 1.62. The van der Waals surface area contributed by atoms with Gasteiger partial charge < -0.3 is 30.7 Å². The van der Waals surface area contributed by atoms with Gasteiger partial charge in [0.2, 0.25) is 17.8 Å². The SMILES string of the molecule is NCCOCCOCCNc1nc(NCc2ccccc2C(F)(F)F)nc(N2CCCC2)n1. The summed E-state index contributed by atoms with van der Waals surface area (Å²) in [5.41, 5.74) is 4.79. The molecule has 1 aliphatic rings. The number of anilines is 3. The molecule has 0 saturated carbocycles. The van der Waals surface area contributed by atoms with E-state index >= 15 is 0 Å². The number of benzene rings is 1. The average molecular weight is 470 g/mol. The number of aromatic nitrogens is 3. The Bertz CT molecular complexity index is 864. The van der Waals surface area contributed by atoms with Gasteiger partial charge in [0.25, 0.3) is 0 Å². The number of nitrogens with one attached hydrogen (secondary N) is 2. The van der Waals surface area contributed by atoms with Crippen molar-refractivity contribution in [2.45, 2.75) is 25.6 Å². The van der Waals surface area contributed by atoms with Gasteiger partial charge in [-0.1, -0.05) is 18.2 Å². The van der Waals surface area contributed by atoms with Crippen molar-refractivity contribution in [2.24, 2.45) is 5.73 Å². The van der Waals surface area contributed by atoms with E-state index < -0.39 is 11.7 Å². The van der Waals surface area contributed by atoms with Crippen molar-refractivity contribution in [3.8, 4) is 0 Å². The van der Waals surface area contributed by atoms with Crippen LogP contribution in [-0.2, 0) is 22.2 Å². The minimum atomic E-state index is -4.43. The van der Waals surface area contributed by atoms with E-state index in [1.165, 1.54) is 12.1 Å². The largest absolute Gasteiger partial charge is 0.416 e. The lowest BCUT2D eigenvalue weighted by molar-refractivity contribution is -0.138. The van der Waals surface area contributed by atoms with Gasteiger partial charge in [-0.3, -0.25) is 0 Å². The summed E-state index contributed by atoms with van der Waals surface area (Å²) in [5, 5.41) is 6.01. The second-order valence-electron chi connectivity index (χ2n) is 7.43. The Labute approximate surface area is 190 Å². The van der Waals surface area contributed by atoms with Crippen molar-refractivity contribution in [2.75, 3.05) is 68.1 Å². The van der Waals surface area contributed by atoms with Crippen molar-refractivity contribution in [3.63, 3.8) is 0 Å². The summed E-state index contributed by atoms with van der Waals surface area (Å²) in [7, 11) is 0. The molecule has 1 saturated heterocycles. The number of nitrogens with zero attached hydrogens (tertiary/aromatic N) is 4. The first-order valence-corrected chi connectivity index (χ1v) is 11.0. The maximum atomic E-state index is 13.3. The summed E-state index contributed by atoms with van der Waals surface area (Å²) in [4.78, 5) is 15.2. The maximum absolute atomic E-state index is 13.3. The van der Waals surface area contributed by atoms with Crippen molar-refractivity contribution in [1.29, 1.82) is 0 Å². The predicted molar refractivity (Wildman–Crippen MR) is 119 cm³/mol. The van der Waals surface area contributed by atoms with Gasteiger partial charge in [0, 0.05) is 32.7 Å². The molecule has 4 N–H and O–H groups in total. The third-order valence-electron chi connectivity index (χ3n) is 4.94. The Morgan fingerprint density at radius 2 is 1.58 bits per heavy atom. The van der Waals surface area contributed by atoms with E-state index in [1.807, 2.05) is 4.90 Å². The molecule has 0 radical (unpaired) electrons. The van der Waals surface area contributed by atoms with Crippen LogP contribution in [0.3, 0.4) is 0 Å². The molecule has 3 rings (SSSR count). The quantitative estimate of drug-likeness (QED) is 0.381. The van der Waals surface area contributed by atoms with Crippen LogP contribution in [0.4, 0.5) is 31.0 Å². The molecular weight excluding hydrogens is 439 g/mol. The molecule has 1 aromatic carbocycles. The monoisotopic (exact) mass is 469 g/mol. The third kappa shape index (κ3) is 7.98. The molecule has 0 atom stereocenters. The van der Waals surface area contributed by atoms with Crippen LogP contribution < -0.4 is 21.3 Å². The zero-order valence-corrected chi connectivity index (χ0v) is 18.4. The summed E-state index contributed by atoms with van der Waals surface area (Å²) < 4.78 is 50.6. The molecule has 2 aromatic rings. The van der Waals surface area contributed by atoms with Crippen LogP contribution >= 0.6 is 0 Å². The molecular formula is C21H30F3N7O2. The van der Waals surface area contributed by atoms with E-state index in [1.54, 1.807) is 6.07 Å². The van der Waals surface area contributed by atoms with Gasteiger partial charge in [0.05, 0.1) is 32.0 Å². The summed E-state index contributed by atoms with van der Waals surface area (Å²) >= 11 is 0. The first-order valence-electron chi connectivity index (χ1n) is 11.0. The lowest BCUT2D eigenvalue weighted by atomic mass is 10.1. The molecule has 33 heavy (non-hydrogen) atoms. The van der Waals surface area contributed by atoms with Crippen LogP contribution in [0.1, 0.15) is 24.0 Å². The highest BCUT2D eigenvalue weighted by atomic mass is 19.4. The molecule has 1 fully saturated rings. The van der Waals surface area contributed by atoms with Crippen LogP contribution in [0.15, 0.2) is 24.3 Å². The number of alkyl halides is 3. The molecule has 0 aliphatic carbocycles. The number of halogens is 3. The van der Waals surface area contributed by atoms with Gasteiger partial charge in [-0.25, -0.2) is 0 Å². The summed E-state index contributed by atoms with van der Waals surface area (Å²) in [6.07, 6.45) is -2.35. The van der Waals surface area contributed by atoms with E-state index in [9.17, 15) is 13.2 Å². The second-order valence-corrected chi connectivity index (χ2v) is 7.43. The molecule has 182 valence electrons. The van der Waals surface area contributed by atoms with E-state index in [4.69, 9.17) is 15.2 Å². The lowest BCUT2D eigenvalue weighted by Gasteiger charge is -2.18. The summed E-state index contributed by atoms with van der Waals surface area (Å²) in [6.45, 7) is 4.34. The van der Waals surface area contributed by atoms with Gasteiger partial charge in [-0.05, 0) is 24.5 Å². The normalized spacial score (nSPS) is 14.0. The Kier molecular flexibility index (Phi) is 9.46. The zero-order valence-electron chi connectivity index (χ0n) is 18.4. The number of nitrogens with two attached hydrogens (primary N) is 1. The molecule has 0 amide bonds. The molecule has 1 aromatic heterocycles. The minimum absolute atomic E-state index is 0.0650. The van der Waals surface area contributed by atoms with Crippen molar-refractivity contribution in [1.82, 2.24) is 15.0 Å². The van der Waals surface area contributed by atoms with Gasteiger partial charge >= 0.3 is 6.18 Å². The number of hydrogen-bond acceptors (Lipinski definition) is 9. The van der Waals surface area contributed by atoms with Crippen LogP contribution in [0.5, 0.6) is 0 Å². The van der Waals surface area contributed by atoms with E-state index in [2.05, 4.69) is 25.6 Å². The van der Waals surface area contributed by atoms with E-state index in [-0.39, 0.29) is 18.1 Å². The lowest BCUT2D eigenvalue weighted by Crippen LogP contribution is -2.23. The number of ether oxygens (including phenoxy) is 2. The number of hydrogen-bond donors (Lipinski definition) is 3. The molecule has 0 bridgehead atoms. The Morgan fingerprint density at radius 3 is 2.27 bits per heavy atom. The maximum Gasteiger partial charge on any atom is 0.416 e. The third-order valence-corrected chi connectivity index (χ3v) is 4.94. The van der Waals surface area contributed by atoms with Crippen molar-refractivity contribution in [3.05, 3.63) is 35.4 Å². The molecule has 0 spiro atoms. The fourth-order valence-electron chi connectivity index (χ4n) is 3.35. The van der Waals surface area contributed by atoms with Crippen LogP contribution in [0, 0.1) is 0 Å². The first kappa shape index (κ1) is 24.9. The summed E-state index contributed by atoms with van der Waals surface area (Å²) in [5.74, 6) is 1.04. The highest BCUT2D eigenvalue weighted by molar-refractivity contribution is 5.45. The zero-order chi connectivity index (χ0) is 23.5. The van der Waals surface area contributed by atoms with Crippen LogP contribution in [-0.4, -0.2) is 67.6 Å². The van der Waals surface area contributed by atoms with Crippen LogP contribution in [0.25, 0.3) is 0 Å². The molecule has 1 aliphatic heterocycles. The summed E-state index contributed by atoms with van der Waals surface area (Å²) in [6, 6.07) is 5.44. The topological polar surface area (TPSA) is 110 Å². The fraction of sp³-hybridized carbons (Fsp3) is 0.571. The molecule has 2 heterocycles. The molecule has 9 nitrogen and oxygen atoms in total. The van der Waals surface area contributed by atoms with Gasteiger partial charge in [-0.15, -0.1) is 0 Å². The minimum Gasteiger partial charge on any atom is -0.378 e. The van der Waals surface area contributed by atoms with E-state index in [0.29, 0.717) is 51.4 Å². The Hall–Kier alpha value is -2.70. The fourth-order valence-corrected chi connectivity index (χ4v) is 3.35. The van der Waals surface area contributed by atoms with Gasteiger partial charge in [0.15, 0.2) is 0 Å². The van der Waals surface area contributed by atoms with E-state index in [0.717, 1.165) is 32.0 Å². The van der Waals surface area contributed by atoms with Crippen LogP contribution in [0.2, 0.25) is 0 Å². The predicted octanol–water partition coefficient (Wildman–Crippen LogP) is 2.51. The first-order chi connectivity index (χ1) is 16.0. The average Bonchev–Trinajstić information content (AvgIpc) is 3.34. The Morgan fingerprint density at radius 1 is 0.909 bits per heavy atom. The standard InChI is InChI=1S/C21H30F3N7O2/c22-21(23,24)17-6-2-1-5-16(17)15-27-19-28-18(26-8-12-33-14-13-32-11-7-25)29-20(30-19)31-9-3-4-10-31/h1-2,5-6H,3-4,7-15,25H2,(H2,26,27,28,29,30).